The maximum Gasteiger partial charge on any atom is 0.375 e. The predicted octanol–water partition coefficient (Wildman–Crippen LogP) is 1.75. The Labute approximate surface area is 161 Å². The smallest absolute Gasteiger partial charge is 0.375 e. The fourth-order valence-electron chi connectivity index (χ4n) is 2.45. The molecule has 0 unspecified atom stereocenters. The number of nitrogens with one attached hydrogen (secondary N) is 1. The van der Waals surface area contributed by atoms with Crippen LogP contribution in [0.25, 0.3) is 0 Å². The summed E-state index contributed by atoms with van der Waals surface area (Å²) in [6.45, 7) is 1.66. The van der Waals surface area contributed by atoms with E-state index < -0.39 is 39.8 Å². The Morgan fingerprint density at radius 2 is 1.82 bits per heavy atom. The molecule has 8 nitrogen and oxygen atoms in total. The standard InChI is InChI=1S/C18H19FN2O6S/c1-3-27-18(24)17(23)9-16(22)15-8-14(20-28(2,25)26)11-21(15)10-12-4-6-13(19)7-5-12/h4-8,11,20H,3,9-10H2,1-2H3. The van der Waals surface area contributed by atoms with E-state index in [1.165, 1.54) is 48.0 Å². The largest absolute Gasteiger partial charge is 0.460 e. The molecule has 28 heavy (non-hydrogen) atoms. The van der Waals surface area contributed by atoms with Gasteiger partial charge in [0, 0.05) is 12.7 Å². The molecule has 0 amide bonds. The molecule has 0 bridgehead atoms. The highest BCUT2D eigenvalue weighted by atomic mass is 32.2. The Bertz CT molecular complexity index is 996. The third kappa shape index (κ3) is 6.02. The number of esters is 1. The second-order valence-electron chi connectivity index (χ2n) is 5.99. The fourth-order valence-corrected chi connectivity index (χ4v) is 2.99. The van der Waals surface area contributed by atoms with Gasteiger partial charge in [-0.1, -0.05) is 12.1 Å². The number of Topliss-reactive ketones (excluding diaryl/α,β-unsaturated/α-hetero) is 2. The van der Waals surface area contributed by atoms with Crippen molar-refractivity contribution < 1.29 is 31.9 Å². The molecule has 0 aliphatic heterocycles. The molecule has 1 heterocycles. The monoisotopic (exact) mass is 410 g/mol. The van der Waals surface area contributed by atoms with Crippen molar-refractivity contribution in [1.82, 2.24) is 4.57 Å². The first kappa shape index (κ1) is 21.3. The maximum absolute atomic E-state index is 13.1. The molecule has 0 aliphatic carbocycles. The molecule has 0 aliphatic rings. The summed E-state index contributed by atoms with van der Waals surface area (Å²) in [6.07, 6.45) is 1.62. The van der Waals surface area contributed by atoms with E-state index in [9.17, 15) is 27.2 Å². The normalized spacial score (nSPS) is 11.1. The zero-order valence-electron chi connectivity index (χ0n) is 15.3. The van der Waals surface area contributed by atoms with Crippen molar-refractivity contribution in [3.05, 3.63) is 53.6 Å². The van der Waals surface area contributed by atoms with E-state index in [0.29, 0.717) is 5.56 Å². The number of benzene rings is 1. The van der Waals surface area contributed by atoms with Crippen molar-refractivity contribution >= 4 is 33.2 Å². The number of carbonyl (C=O) groups excluding carboxylic acids is 3. The molecule has 150 valence electrons. The Hall–Kier alpha value is -3.01. The predicted molar refractivity (Wildman–Crippen MR) is 99.0 cm³/mol. The summed E-state index contributed by atoms with van der Waals surface area (Å²) in [7, 11) is -3.59. The number of rotatable bonds is 9. The lowest BCUT2D eigenvalue weighted by atomic mass is 10.1. The van der Waals surface area contributed by atoms with Gasteiger partial charge in [-0.15, -0.1) is 0 Å². The van der Waals surface area contributed by atoms with Gasteiger partial charge in [0.1, 0.15) is 5.82 Å². The Morgan fingerprint density at radius 1 is 1.18 bits per heavy atom. The lowest BCUT2D eigenvalue weighted by molar-refractivity contribution is -0.153. The van der Waals surface area contributed by atoms with E-state index in [2.05, 4.69) is 9.46 Å². The van der Waals surface area contributed by atoms with Crippen LogP contribution in [0.3, 0.4) is 0 Å². The lowest BCUT2D eigenvalue weighted by Gasteiger charge is -2.08. The molecule has 0 saturated carbocycles. The second-order valence-corrected chi connectivity index (χ2v) is 7.73. The minimum atomic E-state index is -3.59. The summed E-state index contributed by atoms with van der Waals surface area (Å²) >= 11 is 0. The number of nitrogens with zero attached hydrogens (tertiary/aromatic N) is 1. The molecule has 1 aromatic heterocycles. The Kier molecular flexibility index (Phi) is 6.68. The van der Waals surface area contributed by atoms with Crippen LogP contribution in [0, 0.1) is 5.82 Å². The first-order chi connectivity index (χ1) is 13.1. The topological polar surface area (TPSA) is 112 Å². The molecule has 2 rings (SSSR count). The number of hydrogen-bond acceptors (Lipinski definition) is 6. The zero-order chi connectivity index (χ0) is 20.9. The van der Waals surface area contributed by atoms with Crippen LogP contribution in [0.15, 0.2) is 36.5 Å². The number of halogens is 1. The van der Waals surface area contributed by atoms with Gasteiger partial charge in [0.05, 0.1) is 30.7 Å². The molecule has 2 aromatic rings. The first-order valence-electron chi connectivity index (χ1n) is 8.24. The number of carbonyl (C=O) groups is 3. The van der Waals surface area contributed by atoms with Gasteiger partial charge < -0.3 is 9.30 Å². The highest BCUT2D eigenvalue weighted by molar-refractivity contribution is 7.92. The summed E-state index contributed by atoms with van der Waals surface area (Å²) in [4.78, 5) is 35.8. The summed E-state index contributed by atoms with van der Waals surface area (Å²) in [5.74, 6) is -3.21. The summed E-state index contributed by atoms with van der Waals surface area (Å²) in [5, 5.41) is 0. The van der Waals surface area contributed by atoms with Gasteiger partial charge in [-0.2, -0.15) is 0 Å². The SMILES string of the molecule is CCOC(=O)C(=O)CC(=O)c1cc(NS(C)(=O)=O)cn1Cc1ccc(F)cc1. The van der Waals surface area contributed by atoms with Crippen LogP contribution in [0.4, 0.5) is 10.1 Å². The van der Waals surface area contributed by atoms with Crippen molar-refractivity contribution in [2.45, 2.75) is 19.9 Å². The molecule has 0 fully saturated rings. The first-order valence-corrected chi connectivity index (χ1v) is 10.1. The van der Waals surface area contributed by atoms with Crippen LogP contribution in [0.2, 0.25) is 0 Å². The number of hydrogen-bond donors (Lipinski definition) is 1. The Morgan fingerprint density at radius 3 is 2.39 bits per heavy atom. The number of sulfonamides is 1. The van der Waals surface area contributed by atoms with Gasteiger partial charge >= 0.3 is 5.97 Å². The maximum atomic E-state index is 13.1. The second kappa shape index (κ2) is 8.79. The van der Waals surface area contributed by atoms with E-state index in [0.717, 1.165) is 6.26 Å². The third-order valence-corrected chi connectivity index (χ3v) is 4.18. The molecule has 0 saturated heterocycles. The zero-order valence-corrected chi connectivity index (χ0v) is 16.1. The molecule has 10 heteroatoms. The van der Waals surface area contributed by atoms with E-state index in [1.54, 1.807) is 0 Å². The van der Waals surface area contributed by atoms with Gasteiger partial charge in [-0.25, -0.2) is 17.6 Å². The highest BCUT2D eigenvalue weighted by Crippen LogP contribution is 2.19. The van der Waals surface area contributed by atoms with Gasteiger partial charge in [-0.3, -0.25) is 14.3 Å². The number of aromatic nitrogens is 1. The van der Waals surface area contributed by atoms with E-state index >= 15 is 0 Å². The number of anilines is 1. The number of ether oxygens (including phenoxy) is 1. The van der Waals surface area contributed by atoms with Crippen molar-refractivity contribution in [1.29, 1.82) is 0 Å². The molecule has 0 spiro atoms. The summed E-state index contributed by atoms with van der Waals surface area (Å²) in [5.41, 5.74) is 0.790. The quantitative estimate of drug-likeness (QED) is 0.292. The van der Waals surface area contributed by atoms with Crippen molar-refractivity contribution in [3.8, 4) is 0 Å². The average molecular weight is 410 g/mol. The summed E-state index contributed by atoms with van der Waals surface area (Å²) < 4.78 is 44.3. The van der Waals surface area contributed by atoms with E-state index in [4.69, 9.17) is 0 Å². The average Bonchev–Trinajstić information content (AvgIpc) is 2.97. The van der Waals surface area contributed by atoms with Crippen molar-refractivity contribution in [3.63, 3.8) is 0 Å². The Balaban J connectivity index is 2.31. The van der Waals surface area contributed by atoms with Gasteiger partial charge in [0.25, 0.3) is 0 Å². The molecular weight excluding hydrogens is 391 g/mol. The summed E-state index contributed by atoms with van der Waals surface area (Å²) in [6, 6.07) is 6.79. The van der Waals surface area contributed by atoms with Crippen LogP contribution >= 0.6 is 0 Å². The minimum absolute atomic E-state index is 0.00212. The van der Waals surface area contributed by atoms with Crippen LogP contribution in [-0.4, -0.2) is 43.4 Å². The van der Waals surface area contributed by atoms with Crippen molar-refractivity contribution in [2.24, 2.45) is 0 Å². The molecule has 1 N–H and O–H groups in total. The van der Waals surface area contributed by atoms with Crippen LogP contribution in [0.5, 0.6) is 0 Å². The number of ketones is 2. The molecular formula is C18H19FN2O6S. The van der Waals surface area contributed by atoms with Crippen molar-refractivity contribution in [2.75, 3.05) is 17.6 Å². The van der Waals surface area contributed by atoms with E-state index in [1.807, 2.05) is 0 Å². The van der Waals surface area contributed by atoms with E-state index in [-0.39, 0.29) is 24.5 Å². The fraction of sp³-hybridized carbons (Fsp3) is 0.278. The highest BCUT2D eigenvalue weighted by Gasteiger charge is 2.23. The molecule has 0 radical (unpaired) electrons. The van der Waals surface area contributed by atoms with Crippen LogP contribution in [-0.2, 0) is 30.9 Å². The minimum Gasteiger partial charge on any atom is -0.460 e. The third-order valence-electron chi connectivity index (χ3n) is 3.58. The lowest BCUT2D eigenvalue weighted by Crippen LogP contribution is -2.22. The molecule has 1 aromatic carbocycles. The van der Waals surface area contributed by atoms with Gasteiger partial charge in [0.2, 0.25) is 15.8 Å². The van der Waals surface area contributed by atoms with Gasteiger partial charge in [0.15, 0.2) is 5.78 Å². The van der Waals surface area contributed by atoms with Gasteiger partial charge in [-0.05, 0) is 30.7 Å². The van der Waals surface area contributed by atoms with Crippen LogP contribution in [0.1, 0.15) is 29.4 Å². The van der Waals surface area contributed by atoms with Crippen LogP contribution < -0.4 is 4.72 Å². The molecule has 0 atom stereocenters.